The van der Waals surface area contributed by atoms with E-state index in [9.17, 15) is 14.4 Å². The predicted molar refractivity (Wildman–Crippen MR) is 107 cm³/mol. The van der Waals surface area contributed by atoms with Crippen LogP contribution in [0.5, 0.6) is 0 Å². The lowest BCUT2D eigenvalue weighted by Crippen LogP contribution is -2.43. The van der Waals surface area contributed by atoms with Crippen LogP contribution < -0.4 is 16.2 Å². The Kier molecular flexibility index (Phi) is 8.16. The summed E-state index contributed by atoms with van der Waals surface area (Å²) in [6.07, 6.45) is 0.0463. The highest BCUT2D eigenvalue weighted by Gasteiger charge is 2.08. The van der Waals surface area contributed by atoms with Crippen LogP contribution >= 0.6 is 23.4 Å². The first-order valence-corrected chi connectivity index (χ1v) is 9.61. The Morgan fingerprint density at radius 3 is 2.22 bits per heavy atom. The lowest BCUT2D eigenvalue weighted by molar-refractivity contribution is -0.127. The molecule has 0 aliphatic heterocycles. The Balaban J connectivity index is 1.61. The molecule has 0 aromatic heterocycles. The van der Waals surface area contributed by atoms with Crippen LogP contribution in [-0.2, 0) is 9.59 Å². The number of hydrogen-bond acceptors (Lipinski definition) is 4. The quantitative estimate of drug-likeness (QED) is 0.488. The number of carbonyl (C=O) groups excluding carboxylic acids is 3. The highest BCUT2D eigenvalue weighted by Crippen LogP contribution is 2.17. The average molecular weight is 406 g/mol. The normalized spacial score (nSPS) is 10.1. The van der Waals surface area contributed by atoms with Gasteiger partial charge in [0.25, 0.3) is 5.91 Å². The summed E-state index contributed by atoms with van der Waals surface area (Å²) in [6.45, 7) is 2.15. The smallest absolute Gasteiger partial charge is 0.251 e. The van der Waals surface area contributed by atoms with Crippen molar-refractivity contribution < 1.29 is 14.4 Å². The average Bonchev–Trinajstić information content (AvgIpc) is 2.66. The van der Waals surface area contributed by atoms with Gasteiger partial charge in [0.1, 0.15) is 0 Å². The number of carbonyl (C=O) groups is 3. The van der Waals surface area contributed by atoms with Crippen LogP contribution in [0.15, 0.2) is 53.4 Å². The minimum absolute atomic E-state index is 0.0463. The van der Waals surface area contributed by atoms with Crippen molar-refractivity contribution >= 4 is 41.1 Å². The largest absolute Gasteiger partial charge is 0.352 e. The molecule has 2 aromatic carbocycles. The SMILES string of the molecule is Cc1ccc(SCC(=O)NNC(=O)CCNC(=O)c2ccc(Cl)cc2)cc1. The van der Waals surface area contributed by atoms with Crippen molar-refractivity contribution in [2.75, 3.05) is 12.3 Å². The number of amides is 3. The maximum atomic E-state index is 11.9. The van der Waals surface area contributed by atoms with Gasteiger partial charge in [-0.05, 0) is 43.3 Å². The van der Waals surface area contributed by atoms with Crippen LogP contribution in [0.4, 0.5) is 0 Å². The molecule has 0 atom stereocenters. The van der Waals surface area contributed by atoms with Crippen molar-refractivity contribution in [3.8, 4) is 0 Å². The highest BCUT2D eigenvalue weighted by atomic mass is 35.5. The van der Waals surface area contributed by atoms with E-state index in [1.165, 1.54) is 11.8 Å². The van der Waals surface area contributed by atoms with E-state index in [1.54, 1.807) is 24.3 Å². The number of rotatable bonds is 7. The zero-order valence-electron chi connectivity index (χ0n) is 14.8. The molecule has 142 valence electrons. The summed E-state index contributed by atoms with van der Waals surface area (Å²) < 4.78 is 0. The number of aryl methyl sites for hydroxylation is 1. The molecule has 27 heavy (non-hydrogen) atoms. The van der Waals surface area contributed by atoms with Gasteiger partial charge < -0.3 is 5.32 Å². The fraction of sp³-hybridized carbons (Fsp3) is 0.211. The topological polar surface area (TPSA) is 87.3 Å². The van der Waals surface area contributed by atoms with Crippen molar-refractivity contribution in [3.63, 3.8) is 0 Å². The second-order valence-corrected chi connectivity index (χ2v) is 7.20. The molecule has 8 heteroatoms. The maximum Gasteiger partial charge on any atom is 0.251 e. The monoisotopic (exact) mass is 405 g/mol. The molecular weight excluding hydrogens is 386 g/mol. The Morgan fingerprint density at radius 1 is 0.926 bits per heavy atom. The molecule has 0 heterocycles. The number of thioether (sulfide) groups is 1. The summed E-state index contributed by atoms with van der Waals surface area (Å²) in [5.41, 5.74) is 6.29. The summed E-state index contributed by atoms with van der Waals surface area (Å²) in [4.78, 5) is 36.3. The number of hydrogen-bond donors (Lipinski definition) is 3. The first-order chi connectivity index (χ1) is 12.9. The van der Waals surface area contributed by atoms with Crippen molar-refractivity contribution in [3.05, 3.63) is 64.7 Å². The van der Waals surface area contributed by atoms with E-state index in [0.717, 1.165) is 10.5 Å². The summed E-state index contributed by atoms with van der Waals surface area (Å²) in [7, 11) is 0. The summed E-state index contributed by atoms with van der Waals surface area (Å²) in [5.74, 6) is -0.798. The van der Waals surface area contributed by atoms with Crippen molar-refractivity contribution in [2.45, 2.75) is 18.2 Å². The van der Waals surface area contributed by atoms with E-state index in [1.807, 2.05) is 31.2 Å². The zero-order chi connectivity index (χ0) is 19.6. The Bertz CT molecular complexity index is 795. The molecule has 0 unspecified atom stereocenters. The van der Waals surface area contributed by atoms with Crippen LogP contribution in [-0.4, -0.2) is 30.0 Å². The predicted octanol–water partition coefficient (Wildman–Crippen LogP) is 2.71. The summed E-state index contributed by atoms with van der Waals surface area (Å²) in [5, 5.41) is 3.17. The second kappa shape index (κ2) is 10.6. The molecule has 0 fully saturated rings. The Morgan fingerprint density at radius 2 is 1.56 bits per heavy atom. The number of nitrogens with one attached hydrogen (secondary N) is 3. The third-order valence-electron chi connectivity index (χ3n) is 3.48. The first kappa shape index (κ1) is 20.8. The van der Waals surface area contributed by atoms with E-state index in [4.69, 9.17) is 11.6 Å². The van der Waals surface area contributed by atoms with E-state index in [0.29, 0.717) is 10.6 Å². The van der Waals surface area contributed by atoms with Crippen molar-refractivity contribution in [1.82, 2.24) is 16.2 Å². The van der Waals surface area contributed by atoms with E-state index in [2.05, 4.69) is 16.2 Å². The number of hydrazine groups is 1. The minimum atomic E-state index is -0.389. The van der Waals surface area contributed by atoms with Crippen LogP contribution in [0.2, 0.25) is 5.02 Å². The van der Waals surface area contributed by atoms with Gasteiger partial charge in [-0.2, -0.15) is 0 Å². The van der Waals surface area contributed by atoms with E-state index < -0.39 is 0 Å². The number of halogens is 1. The lowest BCUT2D eigenvalue weighted by Gasteiger charge is -2.08. The molecule has 0 bridgehead atoms. The molecule has 0 spiro atoms. The molecule has 6 nitrogen and oxygen atoms in total. The van der Waals surface area contributed by atoms with Gasteiger partial charge in [-0.15, -0.1) is 11.8 Å². The van der Waals surface area contributed by atoms with Gasteiger partial charge in [-0.3, -0.25) is 25.2 Å². The fourth-order valence-electron chi connectivity index (χ4n) is 2.01. The second-order valence-electron chi connectivity index (χ2n) is 5.71. The van der Waals surface area contributed by atoms with Crippen LogP contribution in [0.25, 0.3) is 0 Å². The zero-order valence-corrected chi connectivity index (χ0v) is 16.3. The molecule has 2 aromatic rings. The Hall–Kier alpha value is -2.51. The molecule has 0 radical (unpaired) electrons. The van der Waals surface area contributed by atoms with Gasteiger partial charge >= 0.3 is 0 Å². The third-order valence-corrected chi connectivity index (χ3v) is 4.74. The van der Waals surface area contributed by atoms with Gasteiger partial charge in [0.15, 0.2) is 0 Å². The molecule has 3 amide bonds. The third kappa shape index (κ3) is 7.72. The van der Waals surface area contributed by atoms with E-state index >= 15 is 0 Å². The van der Waals surface area contributed by atoms with Crippen LogP contribution in [0.1, 0.15) is 22.3 Å². The van der Waals surface area contributed by atoms with E-state index in [-0.39, 0.29) is 36.4 Å². The van der Waals surface area contributed by atoms with Gasteiger partial charge in [0, 0.05) is 28.4 Å². The van der Waals surface area contributed by atoms with Crippen LogP contribution in [0, 0.1) is 6.92 Å². The lowest BCUT2D eigenvalue weighted by atomic mass is 10.2. The fourth-order valence-corrected chi connectivity index (χ4v) is 2.84. The molecule has 2 rings (SSSR count). The molecule has 0 saturated heterocycles. The van der Waals surface area contributed by atoms with Gasteiger partial charge in [0.05, 0.1) is 5.75 Å². The standard InChI is InChI=1S/C19H20ClN3O3S/c1-13-2-8-16(9-3-13)27-12-18(25)23-22-17(24)10-11-21-19(26)14-4-6-15(20)7-5-14/h2-9H,10-12H2,1H3,(H,21,26)(H,22,24)(H,23,25). The van der Waals surface area contributed by atoms with Gasteiger partial charge in [-0.1, -0.05) is 29.3 Å². The molecule has 3 N–H and O–H groups in total. The molecule has 0 aliphatic rings. The van der Waals surface area contributed by atoms with Crippen LogP contribution in [0.3, 0.4) is 0 Å². The minimum Gasteiger partial charge on any atom is -0.352 e. The maximum absolute atomic E-state index is 11.9. The summed E-state index contributed by atoms with van der Waals surface area (Å²) >= 11 is 7.14. The van der Waals surface area contributed by atoms with Crippen molar-refractivity contribution in [1.29, 1.82) is 0 Å². The molecular formula is C19H20ClN3O3S. The van der Waals surface area contributed by atoms with Crippen molar-refractivity contribution in [2.24, 2.45) is 0 Å². The Labute approximate surface area is 167 Å². The van der Waals surface area contributed by atoms with Gasteiger partial charge in [-0.25, -0.2) is 0 Å². The molecule has 0 saturated carbocycles. The molecule has 0 aliphatic carbocycles. The number of benzene rings is 2. The van der Waals surface area contributed by atoms with Gasteiger partial charge in [0.2, 0.25) is 11.8 Å². The summed E-state index contributed by atoms with van der Waals surface area (Å²) in [6, 6.07) is 14.3. The highest BCUT2D eigenvalue weighted by molar-refractivity contribution is 8.00. The first-order valence-electron chi connectivity index (χ1n) is 8.25.